The van der Waals surface area contributed by atoms with E-state index in [1.165, 1.54) is 0 Å². The molecule has 1 heterocycles. The largest absolute Gasteiger partial charge is 0.478 e. The maximum absolute atomic E-state index is 13.1. The van der Waals surface area contributed by atoms with Gasteiger partial charge in [-0.05, 0) is 6.07 Å². The van der Waals surface area contributed by atoms with E-state index >= 15 is 0 Å². The lowest BCUT2D eigenvalue weighted by atomic mass is 10.0. The summed E-state index contributed by atoms with van der Waals surface area (Å²) in [5, 5.41) is 8.52. The van der Waals surface area contributed by atoms with Crippen molar-refractivity contribution in [3.05, 3.63) is 28.5 Å². The Morgan fingerprint density at radius 2 is 2.25 bits per heavy atom. The van der Waals surface area contributed by atoms with Crippen molar-refractivity contribution in [1.29, 1.82) is 0 Å². The molecule has 1 aromatic rings. The van der Waals surface area contributed by atoms with E-state index in [4.69, 9.17) is 21.4 Å². The van der Waals surface area contributed by atoms with Gasteiger partial charge in [0.15, 0.2) is 5.78 Å². The number of Topliss-reactive ketones (excluding diaryl/α,β-unsaturated/α-hetero) is 1. The number of carbonyl (C=O) groups is 2. The molecule has 1 aliphatic heterocycles. The summed E-state index contributed by atoms with van der Waals surface area (Å²) in [6.45, 7) is 0. The fourth-order valence-corrected chi connectivity index (χ4v) is 1.62. The van der Waals surface area contributed by atoms with Gasteiger partial charge in [0.2, 0.25) is 6.10 Å². The number of fused-ring (bicyclic) bond motifs is 1. The minimum atomic E-state index is -1.26. The first-order valence-corrected chi connectivity index (χ1v) is 4.78. The van der Waals surface area contributed by atoms with E-state index in [1.807, 2.05) is 0 Å². The summed E-state index contributed by atoms with van der Waals surface area (Å²) in [5.41, 5.74) is 0.115. The highest BCUT2D eigenvalue weighted by Gasteiger charge is 2.32. The monoisotopic (exact) mass is 244 g/mol. The fraction of sp³-hybridized carbons (Fsp3) is 0.200. The second kappa shape index (κ2) is 3.75. The quantitative estimate of drug-likeness (QED) is 0.819. The van der Waals surface area contributed by atoms with E-state index < -0.39 is 23.7 Å². The standard InChI is InChI=1S/C10H6ClFO4/c11-5-1-4-7(13)3-9(10(14)15)16-8(4)2-6(5)12/h1-2,9H,3H2,(H,14,15)/t9-/m1/s1. The van der Waals surface area contributed by atoms with Gasteiger partial charge in [0, 0.05) is 6.07 Å². The first-order chi connectivity index (χ1) is 7.49. The summed E-state index contributed by atoms with van der Waals surface area (Å²) in [6.07, 6.45) is -1.54. The SMILES string of the molecule is O=C1C[C@H](C(=O)O)Oc2cc(F)c(Cl)cc21. The first-order valence-electron chi connectivity index (χ1n) is 4.40. The topological polar surface area (TPSA) is 63.6 Å². The van der Waals surface area contributed by atoms with Crippen LogP contribution in [0.4, 0.5) is 4.39 Å². The van der Waals surface area contributed by atoms with Crippen LogP contribution in [0.5, 0.6) is 5.75 Å². The van der Waals surface area contributed by atoms with Crippen LogP contribution >= 0.6 is 11.6 Å². The van der Waals surface area contributed by atoms with Gasteiger partial charge in [0.1, 0.15) is 11.6 Å². The Morgan fingerprint density at radius 3 is 2.88 bits per heavy atom. The molecule has 0 unspecified atom stereocenters. The van der Waals surface area contributed by atoms with Crippen LogP contribution in [0.25, 0.3) is 0 Å². The molecule has 0 radical (unpaired) electrons. The van der Waals surface area contributed by atoms with Gasteiger partial charge in [-0.25, -0.2) is 9.18 Å². The normalized spacial score (nSPS) is 18.9. The highest BCUT2D eigenvalue weighted by atomic mass is 35.5. The lowest BCUT2D eigenvalue weighted by Gasteiger charge is -2.22. The van der Waals surface area contributed by atoms with Crippen molar-refractivity contribution in [2.24, 2.45) is 0 Å². The zero-order valence-corrected chi connectivity index (χ0v) is 8.62. The highest BCUT2D eigenvalue weighted by molar-refractivity contribution is 6.31. The summed E-state index contributed by atoms with van der Waals surface area (Å²) >= 11 is 5.51. The molecule has 2 rings (SSSR count). The van der Waals surface area contributed by atoms with E-state index in [2.05, 4.69) is 0 Å². The number of hydrogen-bond acceptors (Lipinski definition) is 3. The molecule has 0 amide bonds. The van der Waals surface area contributed by atoms with Crippen molar-refractivity contribution >= 4 is 23.4 Å². The lowest BCUT2D eigenvalue weighted by Crippen LogP contribution is -2.34. The van der Waals surface area contributed by atoms with Crippen molar-refractivity contribution < 1.29 is 23.8 Å². The van der Waals surface area contributed by atoms with Crippen LogP contribution in [-0.2, 0) is 4.79 Å². The summed E-state index contributed by atoms with van der Waals surface area (Å²) in [4.78, 5) is 22.2. The third-order valence-corrected chi connectivity index (χ3v) is 2.53. The third kappa shape index (κ3) is 1.74. The molecule has 1 N–H and O–H groups in total. The highest BCUT2D eigenvalue weighted by Crippen LogP contribution is 2.31. The number of carbonyl (C=O) groups excluding carboxylic acids is 1. The number of hydrogen-bond donors (Lipinski definition) is 1. The van der Waals surface area contributed by atoms with E-state index in [0.717, 1.165) is 12.1 Å². The Kier molecular flexibility index (Phi) is 2.55. The van der Waals surface area contributed by atoms with Gasteiger partial charge in [0.05, 0.1) is 17.0 Å². The molecular weight excluding hydrogens is 239 g/mol. The molecule has 0 aromatic heterocycles. The molecular formula is C10H6ClFO4. The predicted octanol–water partition coefficient (Wildman–Crippen LogP) is 1.90. The predicted molar refractivity (Wildman–Crippen MR) is 52.4 cm³/mol. The second-order valence-electron chi connectivity index (χ2n) is 3.33. The van der Waals surface area contributed by atoms with Crippen LogP contribution < -0.4 is 4.74 Å². The molecule has 84 valence electrons. The molecule has 6 heteroatoms. The number of benzene rings is 1. The maximum atomic E-state index is 13.1. The lowest BCUT2D eigenvalue weighted by molar-refractivity contribution is -0.145. The van der Waals surface area contributed by atoms with Crippen molar-refractivity contribution in [1.82, 2.24) is 0 Å². The number of aliphatic carboxylic acids is 1. The number of rotatable bonds is 1. The minimum absolute atomic E-state index is 0.0782. The van der Waals surface area contributed by atoms with Crippen molar-refractivity contribution in [2.75, 3.05) is 0 Å². The average molecular weight is 245 g/mol. The fourth-order valence-electron chi connectivity index (χ4n) is 1.45. The zero-order valence-electron chi connectivity index (χ0n) is 7.87. The average Bonchev–Trinajstić information content (AvgIpc) is 2.20. The van der Waals surface area contributed by atoms with Crippen LogP contribution in [0.2, 0.25) is 5.02 Å². The molecule has 1 aromatic carbocycles. The molecule has 0 saturated heterocycles. The van der Waals surface area contributed by atoms with E-state index in [1.54, 1.807) is 0 Å². The maximum Gasteiger partial charge on any atom is 0.345 e. The molecule has 1 aliphatic rings. The first kappa shape index (κ1) is 10.9. The molecule has 0 fully saturated rings. The Balaban J connectivity index is 2.46. The minimum Gasteiger partial charge on any atom is -0.478 e. The van der Waals surface area contributed by atoms with Crippen molar-refractivity contribution in [3.8, 4) is 5.75 Å². The van der Waals surface area contributed by atoms with Crippen molar-refractivity contribution in [2.45, 2.75) is 12.5 Å². The van der Waals surface area contributed by atoms with Gasteiger partial charge in [0.25, 0.3) is 0 Å². The number of ether oxygens (including phenoxy) is 1. The molecule has 1 atom stereocenters. The molecule has 0 aliphatic carbocycles. The Bertz CT molecular complexity index is 486. The van der Waals surface area contributed by atoms with Crippen LogP contribution in [0.1, 0.15) is 16.8 Å². The molecule has 0 saturated carbocycles. The molecule has 0 bridgehead atoms. The molecule has 4 nitrogen and oxygen atoms in total. The van der Waals surface area contributed by atoms with Crippen LogP contribution in [0, 0.1) is 5.82 Å². The van der Waals surface area contributed by atoms with E-state index in [9.17, 15) is 14.0 Å². The number of carboxylic acid groups (broad SMARTS) is 1. The summed E-state index contributed by atoms with van der Waals surface area (Å²) in [5.74, 6) is -2.50. The van der Waals surface area contributed by atoms with Gasteiger partial charge in [-0.1, -0.05) is 11.6 Å². The smallest absolute Gasteiger partial charge is 0.345 e. The number of ketones is 1. The summed E-state index contributed by atoms with van der Waals surface area (Å²) < 4.78 is 18.1. The van der Waals surface area contributed by atoms with Gasteiger partial charge in [-0.3, -0.25) is 4.79 Å². The summed E-state index contributed by atoms with van der Waals surface area (Å²) in [7, 11) is 0. The van der Waals surface area contributed by atoms with Gasteiger partial charge < -0.3 is 9.84 Å². The third-order valence-electron chi connectivity index (χ3n) is 2.24. The molecule has 16 heavy (non-hydrogen) atoms. The number of carboxylic acids is 1. The second-order valence-corrected chi connectivity index (χ2v) is 3.74. The van der Waals surface area contributed by atoms with Crippen LogP contribution in [-0.4, -0.2) is 23.0 Å². The van der Waals surface area contributed by atoms with Gasteiger partial charge in [-0.2, -0.15) is 0 Å². The number of halogens is 2. The Labute approximate surface area is 94.6 Å². The Hall–Kier alpha value is -1.62. The van der Waals surface area contributed by atoms with Gasteiger partial charge >= 0.3 is 5.97 Å². The van der Waals surface area contributed by atoms with Crippen molar-refractivity contribution in [3.63, 3.8) is 0 Å². The zero-order chi connectivity index (χ0) is 11.9. The van der Waals surface area contributed by atoms with E-state index in [-0.39, 0.29) is 22.8 Å². The summed E-state index contributed by atoms with van der Waals surface area (Å²) in [6, 6.07) is 2.07. The molecule has 0 spiro atoms. The Morgan fingerprint density at radius 1 is 1.56 bits per heavy atom. The van der Waals surface area contributed by atoms with Crippen LogP contribution in [0.3, 0.4) is 0 Å². The van der Waals surface area contributed by atoms with Crippen LogP contribution in [0.15, 0.2) is 12.1 Å². The van der Waals surface area contributed by atoms with Gasteiger partial charge in [-0.15, -0.1) is 0 Å². The van der Waals surface area contributed by atoms with E-state index in [0.29, 0.717) is 0 Å².